The van der Waals surface area contributed by atoms with Crippen LogP contribution in [0.3, 0.4) is 0 Å². The molecular formula is C19H21ClN6O. The number of amides is 1. The minimum absolute atomic E-state index is 0.00154. The van der Waals surface area contributed by atoms with Crippen LogP contribution in [0.1, 0.15) is 12.5 Å². The summed E-state index contributed by atoms with van der Waals surface area (Å²) in [5.74, 6) is -0.0508. The second-order valence-corrected chi connectivity index (χ2v) is 6.26. The molecular weight excluding hydrogens is 364 g/mol. The van der Waals surface area contributed by atoms with E-state index < -0.39 is 5.91 Å². The van der Waals surface area contributed by atoms with E-state index in [0.717, 1.165) is 11.3 Å². The number of nitrogens with one attached hydrogen (secondary N) is 2. The van der Waals surface area contributed by atoms with E-state index in [1.54, 1.807) is 25.3 Å². The monoisotopic (exact) mass is 384 g/mol. The van der Waals surface area contributed by atoms with Gasteiger partial charge >= 0.3 is 0 Å². The highest BCUT2D eigenvalue weighted by Crippen LogP contribution is 2.17. The van der Waals surface area contributed by atoms with E-state index in [2.05, 4.69) is 27.2 Å². The number of hydrogen-bond acceptors (Lipinski definition) is 6. The Balaban J connectivity index is 2.09. The van der Waals surface area contributed by atoms with Gasteiger partial charge in [0.25, 0.3) is 5.91 Å². The number of hydrogen-bond donors (Lipinski definition) is 4. The molecule has 8 heteroatoms. The Morgan fingerprint density at radius 2 is 2.15 bits per heavy atom. The zero-order valence-corrected chi connectivity index (χ0v) is 15.6. The topological polar surface area (TPSA) is 118 Å². The standard InChI is InChI=1S/C19H21ClN6O/c1-12(20)10-25-17(13(2)21)19(27)26-15-6-3-5-14(9-15)11-24-16-7-4-8-23-18(16)22/h3-10,24H,2,11,21H2,1H3,(H2,22,23)(H,26,27)/b12-10+,25-17+. The lowest BCUT2D eigenvalue weighted by Gasteiger charge is -2.11. The molecule has 2 rings (SSSR count). The lowest BCUT2D eigenvalue weighted by molar-refractivity contribution is -0.110. The average molecular weight is 385 g/mol. The number of pyridine rings is 1. The first-order valence-corrected chi connectivity index (χ1v) is 8.44. The number of nitrogens with zero attached hydrogens (tertiary/aromatic N) is 2. The van der Waals surface area contributed by atoms with Crippen LogP contribution in [0.4, 0.5) is 17.2 Å². The minimum Gasteiger partial charge on any atom is -0.397 e. The van der Waals surface area contributed by atoms with E-state index in [0.29, 0.717) is 23.1 Å². The number of anilines is 3. The molecule has 0 saturated heterocycles. The molecule has 0 aliphatic carbocycles. The van der Waals surface area contributed by atoms with Crippen LogP contribution < -0.4 is 22.1 Å². The highest BCUT2D eigenvalue weighted by molar-refractivity contribution is 6.48. The number of carbonyl (C=O) groups excluding carboxylic acids is 1. The Hall–Kier alpha value is -3.32. The normalized spacial score (nSPS) is 11.8. The lowest BCUT2D eigenvalue weighted by Crippen LogP contribution is -2.27. The zero-order valence-electron chi connectivity index (χ0n) is 14.9. The van der Waals surface area contributed by atoms with Crippen LogP contribution >= 0.6 is 11.6 Å². The third-order valence-electron chi connectivity index (χ3n) is 3.40. The SMILES string of the molecule is C=C(N)/C(=N\C=C(/C)Cl)C(=O)Nc1cccc(CNc2cccnc2N)c1. The molecule has 0 radical (unpaired) electrons. The van der Waals surface area contributed by atoms with Crippen molar-refractivity contribution in [2.75, 3.05) is 16.4 Å². The Kier molecular flexibility index (Phi) is 6.96. The van der Waals surface area contributed by atoms with Gasteiger partial charge in [-0.2, -0.15) is 0 Å². The number of benzene rings is 1. The van der Waals surface area contributed by atoms with Crippen LogP contribution in [0.15, 0.2) is 71.1 Å². The average Bonchev–Trinajstić information content (AvgIpc) is 2.61. The molecule has 140 valence electrons. The quantitative estimate of drug-likeness (QED) is 0.546. The highest BCUT2D eigenvalue weighted by Gasteiger charge is 2.13. The molecule has 0 spiro atoms. The molecule has 0 unspecified atom stereocenters. The molecule has 0 atom stereocenters. The summed E-state index contributed by atoms with van der Waals surface area (Å²) in [6, 6.07) is 11.0. The van der Waals surface area contributed by atoms with Gasteiger partial charge in [-0.15, -0.1) is 0 Å². The predicted octanol–water partition coefficient (Wildman–Crippen LogP) is 3.23. The van der Waals surface area contributed by atoms with Crippen molar-refractivity contribution in [3.8, 4) is 0 Å². The number of allylic oxidation sites excluding steroid dienone is 1. The Bertz CT molecular complexity index is 903. The van der Waals surface area contributed by atoms with Gasteiger partial charge in [-0.3, -0.25) is 4.79 Å². The molecule has 6 N–H and O–H groups in total. The number of nitrogen functional groups attached to an aromatic ring is 1. The first kappa shape index (κ1) is 20.0. The summed E-state index contributed by atoms with van der Waals surface area (Å²) in [6.45, 7) is 5.73. The largest absolute Gasteiger partial charge is 0.397 e. The van der Waals surface area contributed by atoms with E-state index in [1.807, 2.05) is 24.3 Å². The number of nitrogens with two attached hydrogens (primary N) is 2. The molecule has 0 fully saturated rings. The van der Waals surface area contributed by atoms with Crippen LogP contribution in [0.5, 0.6) is 0 Å². The number of rotatable bonds is 7. The van der Waals surface area contributed by atoms with E-state index in [4.69, 9.17) is 23.1 Å². The van der Waals surface area contributed by atoms with Gasteiger partial charge in [-0.1, -0.05) is 30.3 Å². The van der Waals surface area contributed by atoms with Crippen molar-refractivity contribution in [3.05, 3.63) is 71.7 Å². The summed E-state index contributed by atoms with van der Waals surface area (Å²) in [5, 5.41) is 6.37. The molecule has 0 aliphatic rings. The van der Waals surface area contributed by atoms with Crippen molar-refractivity contribution < 1.29 is 4.79 Å². The number of carbonyl (C=O) groups is 1. The van der Waals surface area contributed by atoms with Gasteiger partial charge < -0.3 is 22.1 Å². The maximum atomic E-state index is 12.4. The Morgan fingerprint density at radius 1 is 1.37 bits per heavy atom. The van der Waals surface area contributed by atoms with Crippen molar-refractivity contribution in [2.24, 2.45) is 10.7 Å². The van der Waals surface area contributed by atoms with E-state index in [-0.39, 0.29) is 11.4 Å². The molecule has 0 bridgehead atoms. The van der Waals surface area contributed by atoms with Gasteiger partial charge in [-0.25, -0.2) is 9.98 Å². The van der Waals surface area contributed by atoms with Crippen LogP contribution in [0.25, 0.3) is 0 Å². The fourth-order valence-corrected chi connectivity index (χ4v) is 2.20. The smallest absolute Gasteiger partial charge is 0.276 e. The van der Waals surface area contributed by atoms with Crippen molar-refractivity contribution >= 4 is 40.4 Å². The number of aromatic nitrogens is 1. The molecule has 0 saturated carbocycles. The van der Waals surface area contributed by atoms with E-state index in [9.17, 15) is 4.79 Å². The molecule has 7 nitrogen and oxygen atoms in total. The summed E-state index contributed by atoms with van der Waals surface area (Å²) in [5.41, 5.74) is 13.8. The van der Waals surface area contributed by atoms with Gasteiger partial charge in [0.2, 0.25) is 0 Å². The maximum absolute atomic E-state index is 12.4. The van der Waals surface area contributed by atoms with Crippen molar-refractivity contribution in [1.29, 1.82) is 0 Å². The number of halogens is 1. The number of aliphatic imine (C=N–C) groups is 1. The molecule has 1 heterocycles. The van der Waals surface area contributed by atoms with Gasteiger partial charge in [-0.05, 0) is 36.8 Å². The predicted molar refractivity (Wildman–Crippen MR) is 111 cm³/mol. The molecule has 27 heavy (non-hydrogen) atoms. The summed E-state index contributed by atoms with van der Waals surface area (Å²) in [4.78, 5) is 20.4. The second kappa shape index (κ2) is 9.40. The third-order valence-corrected chi connectivity index (χ3v) is 3.49. The Morgan fingerprint density at radius 3 is 2.81 bits per heavy atom. The molecule has 1 aromatic heterocycles. The van der Waals surface area contributed by atoms with Gasteiger partial charge in [0.05, 0.1) is 11.4 Å². The summed E-state index contributed by atoms with van der Waals surface area (Å²) >= 11 is 5.74. The van der Waals surface area contributed by atoms with Crippen molar-refractivity contribution in [1.82, 2.24) is 4.98 Å². The van der Waals surface area contributed by atoms with Gasteiger partial charge in [0.1, 0.15) is 5.82 Å². The van der Waals surface area contributed by atoms with Crippen molar-refractivity contribution in [2.45, 2.75) is 13.5 Å². The fraction of sp³-hybridized carbons (Fsp3) is 0.105. The zero-order chi connectivity index (χ0) is 19.8. The van der Waals surface area contributed by atoms with Crippen LogP contribution in [-0.4, -0.2) is 16.6 Å². The lowest BCUT2D eigenvalue weighted by atomic mass is 10.2. The van der Waals surface area contributed by atoms with Crippen molar-refractivity contribution in [3.63, 3.8) is 0 Å². The first-order chi connectivity index (χ1) is 12.9. The fourth-order valence-electron chi connectivity index (χ4n) is 2.15. The summed E-state index contributed by atoms with van der Waals surface area (Å²) in [7, 11) is 0. The molecule has 0 aliphatic heterocycles. The van der Waals surface area contributed by atoms with Gasteiger partial charge in [0, 0.05) is 29.7 Å². The van der Waals surface area contributed by atoms with E-state index >= 15 is 0 Å². The molecule has 2 aromatic rings. The van der Waals surface area contributed by atoms with Gasteiger partial charge in [0.15, 0.2) is 5.71 Å². The highest BCUT2D eigenvalue weighted by atomic mass is 35.5. The maximum Gasteiger partial charge on any atom is 0.276 e. The Labute approximate surface area is 162 Å². The van der Waals surface area contributed by atoms with E-state index in [1.165, 1.54) is 6.20 Å². The van der Waals surface area contributed by atoms with Crippen LogP contribution in [0, 0.1) is 0 Å². The second-order valence-electron chi connectivity index (χ2n) is 5.66. The first-order valence-electron chi connectivity index (χ1n) is 8.06. The third kappa shape index (κ3) is 6.16. The van der Waals surface area contributed by atoms with Crippen LogP contribution in [-0.2, 0) is 11.3 Å². The molecule has 1 aromatic carbocycles. The minimum atomic E-state index is -0.474. The van der Waals surface area contributed by atoms with Crippen LogP contribution in [0.2, 0.25) is 0 Å². The summed E-state index contributed by atoms with van der Waals surface area (Å²) < 4.78 is 0. The summed E-state index contributed by atoms with van der Waals surface area (Å²) in [6.07, 6.45) is 2.97. The molecule has 1 amide bonds.